The Morgan fingerprint density at radius 1 is 1.15 bits per heavy atom. The predicted molar refractivity (Wildman–Crippen MR) is 75.6 cm³/mol. The van der Waals surface area contributed by atoms with Gasteiger partial charge in [0.05, 0.1) is 0 Å². The van der Waals surface area contributed by atoms with Crippen LogP contribution in [0.15, 0.2) is 24.3 Å². The van der Waals surface area contributed by atoms with Crippen molar-refractivity contribution in [2.75, 3.05) is 7.05 Å². The molecule has 0 atom stereocenters. The standard InChI is InChI=1S/C15H20N2O3/c1-17(12-5-3-2-4-6-12)14(18)11-7-9-13(10-8-11)20-15(16)19/h7-10,12H,2-6H2,1H3,(H2,16,19). The van der Waals surface area contributed by atoms with Crippen molar-refractivity contribution in [1.82, 2.24) is 4.90 Å². The van der Waals surface area contributed by atoms with Gasteiger partial charge in [-0.1, -0.05) is 19.3 Å². The van der Waals surface area contributed by atoms with Crippen LogP contribution in [-0.4, -0.2) is 30.0 Å². The van der Waals surface area contributed by atoms with Crippen molar-refractivity contribution in [2.45, 2.75) is 38.1 Å². The van der Waals surface area contributed by atoms with Gasteiger partial charge in [0.2, 0.25) is 0 Å². The number of ether oxygens (including phenoxy) is 1. The van der Waals surface area contributed by atoms with Gasteiger partial charge >= 0.3 is 6.09 Å². The summed E-state index contributed by atoms with van der Waals surface area (Å²) >= 11 is 0. The van der Waals surface area contributed by atoms with E-state index in [9.17, 15) is 9.59 Å². The van der Waals surface area contributed by atoms with E-state index in [4.69, 9.17) is 10.5 Å². The van der Waals surface area contributed by atoms with Gasteiger partial charge in [0.15, 0.2) is 0 Å². The van der Waals surface area contributed by atoms with Crippen LogP contribution < -0.4 is 10.5 Å². The molecule has 0 aromatic heterocycles. The number of nitrogens with two attached hydrogens (primary N) is 1. The normalized spacial score (nSPS) is 15.7. The zero-order valence-corrected chi connectivity index (χ0v) is 11.7. The van der Waals surface area contributed by atoms with E-state index in [1.54, 1.807) is 24.3 Å². The van der Waals surface area contributed by atoms with Crippen molar-refractivity contribution in [3.63, 3.8) is 0 Å². The topological polar surface area (TPSA) is 72.6 Å². The summed E-state index contributed by atoms with van der Waals surface area (Å²) in [6.07, 6.45) is 4.93. The van der Waals surface area contributed by atoms with E-state index in [0.717, 1.165) is 12.8 Å². The Balaban J connectivity index is 2.02. The Morgan fingerprint density at radius 3 is 2.30 bits per heavy atom. The third-order valence-electron chi connectivity index (χ3n) is 3.76. The maximum Gasteiger partial charge on any atom is 0.409 e. The smallest absolute Gasteiger partial charge is 0.409 e. The minimum Gasteiger partial charge on any atom is -0.411 e. The molecule has 0 unspecified atom stereocenters. The summed E-state index contributed by atoms with van der Waals surface area (Å²) in [7, 11) is 1.85. The highest BCUT2D eigenvalue weighted by molar-refractivity contribution is 5.94. The van der Waals surface area contributed by atoms with Gasteiger partial charge < -0.3 is 15.4 Å². The molecule has 1 aromatic rings. The quantitative estimate of drug-likeness (QED) is 0.922. The van der Waals surface area contributed by atoms with Crippen molar-refractivity contribution in [2.24, 2.45) is 5.73 Å². The SMILES string of the molecule is CN(C(=O)c1ccc(OC(N)=O)cc1)C1CCCCC1. The Kier molecular flexibility index (Phi) is 4.61. The van der Waals surface area contributed by atoms with Gasteiger partial charge in [-0.2, -0.15) is 0 Å². The number of amides is 2. The number of benzene rings is 1. The van der Waals surface area contributed by atoms with Gasteiger partial charge in [-0.05, 0) is 37.1 Å². The second kappa shape index (κ2) is 6.41. The van der Waals surface area contributed by atoms with Crippen LogP contribution in [0, 0.1) is 0 Å². The van der Waals surface area contributed by atoms with Crippen LogP contribution in [0.5, 0.6) is 5.75 Å². The lowest BCUT2D eigenvalue weighted by atomic mass is 9.94. The highest BCUT2D eigenvalue weighted by Crippen LogP contribution is 2.23. The molecule has 0 heterocycles. The summed E-state index contributed by atoms with van der Waals surface area (Å²) < 4.78 is 4.74. The summed E-state index contributed by atoms with van der Waals surface area (Å²) in [5.41, 5.74) is 5.52. The highest BCUT2D eigenvalue weighted by atomic mass is 16.5. The lowest BCUT2D eigenvalue weighted by Gasteiger charge is -2.31. The van der Waals surface area contributed by atoms with Crippen LogP contribution in [0.3, 0.4) is 0 Å². The Bertz CT molecular complexity index is 478. The van der Waals surface area contributed by atoms with Crippen LogP contribution in [0.25, 0.3) is 0 Å². The molecule has 108 valence electrons. The van der Waals surface area contributed by atoms with Crippen molar-refractivity contribution >= 4 is 12.0 Å². The third kappa shape index (κ3) is 3.50. The van der Waals surface area contributed by atoms with Crippen LogP contribution in [0.2, 0.25) is 0 Å². The molecular weight excluding hydrogens is 256 g/mol. The third-order valence-corrected chi connectivity index (χ3v) is 3.76. The molecule has 2 amide bonds. The number of nitrogens with zero attached hydrogens (tertiary/aromatic N) is 1. The second-order valence-corrected chi connectivity index (χ2v) is 5.15. The lowest BCUT2D eigenvalue weighted by molar-refractivity contribution is 0.0696. The van der Waals surface area contributed by atoms with Gasteiger partial charge in [0.1, 0.15) is 5.75 Å². The number of rotatable bonds is 3. The summed E-state index contributed by atoms with van der Waals surface area (Å²) in [6.45, 7) is 0. The first-order valence-corrected chi connectivity index (χ1v) is 6.92. The molecule has 0 spiro atoms. The van der Waals surface area contributed by atoms with E-state index in [0.29, 0.717) is 17.4 Å². The first-order valence-electron chi connectivity index (χ1n) is 6.92. The molecule has 1 aliphatic rings. The minimum atomic E-state index is -0.858. The number of carbonyl (C=O) groups is 2. The Hall–Kier alpha value is -2.04. The zero-order valence-electron chi connectivity index (χ0n) is 11.7. The number of carbonyl (C=O) groups excluding carboxylic acids is 2. The average Bonchev–Trinajstić information content (AvgIpc) is 2.47. The zero-order chi connectivity index (χ0) is 14.5. The molecule has 0 radical (unpaired) electrons. The van der Waals surface area contributed by atoms with E-state index in [-0.39, 0.29) is 5.91 Å². The summed E-state index contributed by atoms with van der Waals surface area (Å²) in [6, 6.07) is 6.79. The van der Waals surface area contributed by atoms with Crippen LogP contribution >= 0.6 is 0 Å². The van der Waals surface area contributed by atoms with Gasteiger partial charge in [0, 0.05) is 18.7 Å². The maximum absolute atomic E-state index is 12.4. The van der Waals surface area contributed by atoms with Crippen molar-refractivity contribution < 1.29 is 14.3 Å². The highest BCUT2D eigenvalue weighted by Gasteiger charge is 2.22. The van der Waals surface area contributed by atoms with Crippen molar-refractivity contribution in [3.05, 3.63) is 29.8 Å². The fourth-order valence-electron chi connectivity index (χ4n) is 2.62. The van der Waals surface area contributed by atoms with Crippen LogP contribution in [0.1, 0.15) is 42.5 Å². The Labute approximate surface area is 118 Å². The molecule has 1 aromatic carbocycles. The molecule has 2 rings (SSSR count). The molecule has 0 aliphatic heterocycles. The number of hydrogen-bond acceptors (Lipinski definition) is 3. The summed E-state index contributed by atoms with van der Waals surface area (Å²) in [5, 5.41) is 0. The monoisotopic (exact) mass is 276 g/mol. The summed E-state index contributed by atoms with van der Waals surface area (Å²) in [4.78, 5) is 24.8. The first kappa shape index (κ1) is 14.4. The van der Waals surface area contributed by atoms with Crippen LogP contribution in [-0.2, 0) is 0 Å². The fraction of sp³-hybridized carbons (Fsp3) is 0.467. The number of hydrogen-bond donors (Lipinski definition) is 1. The van der Waals surface area contributed by atoms with E-state index >= 15 is 0 Å². The second-order valence-electron chi connectivity index (χ2n) is 5.15. The van der Waals surface area contributed by atoms with Crippen molar-refractivity contribution in [1.29, 1.82) is 0 Å². The molecule has 5 heteroatoms. The van der Waals surface area contributed by atoms with Gasteiger partial charge in [-0.15, -0.1) is 0 Å². The molecule has 20 heavy (non-hydrogen) atoms. The van der Waals surface area contributed by atoms with Crippen LogP contribution in [0.4, 0.5) is 4.79 Å². The molecule has 2 N–H and O–H groups in total. The summed E-state index contributed by atoms with van der Waals surface area (Å²) in [5.74, 6) is 0.344. The molecule has 1 saturated carbocycles. The molecule has 5 nitrogen and oxygen atoms in total. The molecule has 0 bridgehead atoms. The molecule has 0 saturated heterocycles. The van der Waals surface area contributed by atoms with E-state index < -0.39 is 6.09 Å². The van der Waals surface area contributed by atoms with E-state index in [2.05, 4.69) is 0 Å². The fourth-order valence-corrected chi connectivity index (χ4v) is 2.62. The van der Waals surface area contributed by atoms with Gasteiger partial charge in [0.25, 0.3) is 5.91 Å². The average molecular weight is 276 g/mol. The largest absolute Gasteiger partial charge is 0.411 e. The predicted octanol–water partition coefficient (Wildman–Crippen LogP) is 2.55. The van der Waals surface area contributed by atoms with Gasteiger partial charge in [-0.25, -0.2) is 4.79 Å². The Morgan fingerprint density at radius 2 is 1.75 bits per heavy atom. The molecule has 1 aliphatic carbocycles. The minimum absolute atomic E-state index is 0.00234. The first-order chi connectivity index (χ1) is 9.58. The maximum atomic E-state index is 12.4. The lowest BCUT2D eigenvalue weighted by Crippen LogP contribution is -2.38. The van der Waals surface area contributed by atoms with Crippen molar-refractivity contribution in [3.8, 4) is 5.75 Å². The van der Waals surface area contributed by atoms with Gasteiger partial charge in [-0.3, -0.25) is 4.79 Å². The number of primary amides is 1. The van der Waals surface area contributed by atoms with E-state index in [1.807, 2.05) is 11.9 Å². The van der Waals surface area contributed by atoms with E-state index in [1.165, 1.54) is 19.3 Å². The molecular formula is C15H20N2O3. The molecule has 1 fully saturated rings.